The molecular weight excluding hydrogens is 311 g/mol. The van der Waals surface area contributed by atoms with Crippen LogP contribution in [0.3, 0.4) is 0 Å². The molecule has 7 heteroatoms. The van der Waals surface area contributed by atoms with Crippen molar-refractivity contribution in [3.63, 3.8) is 0 Å². The number of nitrogens with zero attached hydrogens (tertiary/aromatic N) is 2. The van der Waals surface area contributed by atoms with Gasteiger partial charge in [0, 0.05) is 42.7 Å². The molecule has 128 valence electrons. The smallest absolute Gasteiger partial charge is 0.321 e. The average molecular weight is 332 g/mol. The molecule has 2 N–H and O–H groups in total. The van der Waals surface area contributed by atoms with Crippen molar-refractivity contribution >= 4 is 11.7 Å². The molecule has 6 nitrogen and oxygen atoms in total. The number of carbonyl (C=O) groups is 1. The predicted octanol–water partition coefficient (Wildman–Crippen LogP) is 3.17. The Morgan fingerprint density at radius 1 is 1.38 bits per heavy atom. The molecule has 3 rings (SSSR count). The SMILES string of the molecule is O=C(Nc1cccc(OCCF)c1)N1CCC(c2ccn[nH]2)CC1. The van der Waals surface area contributed by atoms with Crippen molar-refractivity contribution in [3.8, 4) is 5.75 Å². The first-order chi connectivity index (χ1) is 11.8. The average Bonchev–Trinajstić information content (AvgIpc) is 3.15. The Labute approximate surface area is 140 Å². The summed E-state index contributed by atoms with van der Waals surface area (Å²) >= 11 is 0. The van der Waals surface area contributed by atoms with Gasteiger partial charge in [-0.15, -0.1) is 0 Å². The van der Waals surface area contributed by atoms with Crippen molar-refractivity contribution in [2.24, 2.45) is 0 Å². The van der Waals surface area contributed by atoms with Crippen LogP contribution in [0.2, 0.25) is 0 Å². The van der Waals surface area contributed by atoms with Gasteiger partial charge in [0.2, 0.25) is 0 Å². The zero-order valence-electron chi connectivity index (χ0n) is 13.4. The summed E-state index contributed by atoms with van der Waals surface area (Å²) in [7, 11) is 0. The number of nitrogens with one attached hydrogen (secondary N) is 2. The largest absolute Gasteiger partial charge is 0.491 e. The van der Waals surface area contributed by atoms with E-state index < -0.39 is 6.67 Å². The molecule has 0 unspecified atom stereocenters. The van der Waals surface area contributed by atoms with E-state index in [1.807, 2.05) is 11.0 Å². The second-order valence-corrected chi connectivity index (χ2v) is 5.77. The molecule has 24 heavy (non-hydrogen) atoms. The number of ether oxygens (including phenoxy) is 1. The van der Waals surface area contributed by atoms with Crippen molar-refractivity contribution in [2.75, 3.05) is 31.7 Å². The topological polar surface area (TPSA) is 70.2 Å². The quantitative estimate of drug-likeness (QED) is 0.883. The van der Waals surface area contributed by atoms with Crippen molar-refractivity contribution in [1.82, 2.24) is 15.1 Å². The van der Waals surface area contributed by atoms with Crippen LogP contribution in [0.1, 0.15) is 24.5 Å². The monoisotopic (exact) mass is 332 g/mol. The van der Waals surface area contributed by atoms with Crippen LogP contribution < -0.4 is 10.1 Å². The fraction of sp³-hybridized carbons (Fsp3) is 0.412. The summed E-state index contributed by atoms with van der Waals surface area (Å²) in [6.45, 7) is 0.876. The normalized spacial score (nSPS) is 15.3. The van der Waals surface area contributed by atoms with Crippen LogP contribution in [0, 0.1) is 0 Å². The number of halogens is 1. The van der Waals surface area contributed by atoms with Crippen LogP contribution in [-0.2, 0) is 0 Å². The van der Waals surface area contributed by atoms with E-state index in [1.165, 1.54) is 0 Å². The van der Waals surface area contributed by atoms with E-state index in [0.29, 0.717) is 30.4 Å². The third-order valence-electron chi connectivity index (χ3n) is 4.18. The van der Waals surface area contributed by atoms with Crippen molar-refractivity contribution in [1.29, 1.82) is 0 Å². The number of alkyl halides is 1. The maximum Gasteiger partial charge on any atom is 0.321 e. The van der Waals surface area contributed by atoms with E-state index in [9.17, 15) is 9.18 Å². The Bertz CT molecular complexity index is 654. The summed E-state index contributed by atoms with van der Waals surface area (Å²) in [5.74, 6) is 0.970. The van der Waals surface area contributed by atoms with Gasteiger partial charge in [0.25, 0.3) is 0 Å². The number of aromatic nitrogens is 2. The summed E-state index contributed by atoms with van der Waals surface area (Å²) in [6.07, 6.45) is 3.58. The number of aromatic amines is 1. The maximum atomic E-state index is 12.4. The number of benzene rings is 1. The number of rotatable bonds is 5. The maximum absolute atomic E-state index is 12.4. The lowest BCUT2D eigenvalue weighted by Crippen LogP contribution is -2.40. The minimum atomic E-state index is -0.540. The Balaban J connectivity index is 1.52. The van der Waals surface area contributed by atoms with E-state index in [1.54, 1.807) is 30.5 Å². The number of likely N-dealkylation sites (tertiary alicyclic amines) is 1. The highest BCUT2D eigenvalue weighted by atomic mass is 19.1. The van der Waals surface area contributed by atoms with Crippen LogP contribution >= 0.6 is 0 Å². The highest BCUT2D eigenvalue weighted by Crippen LogP contribution is 2.26. The Morgan fingerprint density at radius 3 is 2.92 bits per heavy atom. The first-order valence-corrected chi connectivity index (χ1v) is 8.10. The second-order valence-electron chi connectivity index (χ2n) is 5.77. The van der Waals surface area contributed by atoms with Gasteiger partial charge in [0.1, 0.15) is 19.0 Å². The number of carbonyl (C=O) groups excluding carboxylic acids is 1. The highest BCUT2D eigenvalue weighted by molar-refractivity contribution is 5.89. The standard InChI is InChI=1S/C17H21FN4O2/c18-7-11-24-15-3-1-2-14(12-15)20-17(23)22-9-5-13(6-10-22)16-4-8-19-21-16/h1-4,8,12-13H,5-7,9-11H2,(H,19,21)(H,20,23). The number of urea groups is 1. The van der Waals surface area contributed by atoms with Gasteiger partial charge >= 0.3 is 6.03 Å². The molecule has 0 bridgehead atoms. The molecule has 2 aromatic rings. The minimum Gasteiger partial charge on any atom is -0.491 e. The van der Waals surface area contributed by atoms with Gasteiger partial charge in [-0.1, -0.05) is 6.07 Å². The van der Waals surface area contributed by atoms with Gasteiger partial charge in [-0.3, -0.25) is 5.10 Å². The summed E-state index contributed by atoms with van der Waals surface area (Å²) in [5, 5.41) is 9.86. The van der Waals surface area contributed by atoms with E-state index in [4.69, 9.17) is 4.74 Å². The summed E-state index contributed by atoms with van der Waals surface area (Å²) < 4.78 is 17.4. The lowest BCUT2D eigenvalue weighted by molar-refractivity contribution is 0.194. The number of H-pyrrole nitrogens is 1. The molecular formula is C17H21FN4O2. The molecule has 0 aliphatic carbocycles. The molecule has 0 atom stereocenters. The lowest BCUT2D eigenvalue weighted by atomic mass is 9.94. The van der Waals surface area contributed by atoms with Gasteiger partial charge in [-0.2, -0.15) is 5.10 Å². The molecule has 1 aromatic carbocycles. The summed E-state index contributed by atoms with van der Waals surface area (Å²) in [6, 6.07) is 8.86. The van der Waals surface area contributed by atoms with E-state index in [-0.39, 0.29) is 12.6 Å². The van der Waals surface area contributed by atoms with Gasteiger partial charge in [0.15, 0.2) is 0 Å². The number of piperidine rings is 1. The Hall–Kier alpha value is -2.57. The molecule has 0 saturated carbocycles. The Morgan fingerprint density at radius 2 is 2.21 bits per heavy atom. The molecule has 2 heterocycles. The van der Waals surface area contributed by atoms with E-state index in [0.717, 1.165) is 18.5 Å². The molecule has 1 aliphatic rings. The van der Waals surface area contributed by atoms with Gasteiger partial charge in [-0.25, -0.2) is 9.18 Å². The third kappa shape index (κ3) is 4.04. The van der Waals surface area contributed by atoms with Crippen LogP contribution in [0.5, 0.6) is 5.75 Å². The summed E-state index contributed by atoms with van der Waals surface area (Å²) in [5.41, 5.74) is 1.78. The molecule has 1 fully saturated rings. The number of hydrogen-bond acceptors (Lipinski definition) is 3. The molecule has 0 radical (unpaired) electrons. The van der Waals surface area contributed by atoms with Crippen LogP contribution in [0.4, 0.5) is 14.9 Å². The van der Waals surface area contributed by atoms with Gasteiger partial charge in [0.05, 0.1) is 0 Å². The van der Waals surface area contributed by atoms with Gasteiger partial charge < -0.3 is 15.0 Å². The number of amides is 2. The second kappa shape index (κ2) is 7.81. The fourth-order valence-electron chi connectivity index (χ4n) is 2.91. The first-order valence-electron chi connectivity index (χ1n) is 8.10. The zero-order chi connectivity index (χ0) is 16.8. The predicted molar refractivity (Wildman–Crippen MR) is 89.1 cm³/mol. The van der Waals surface area contributed by atoms with Crippen LogP contribution in [0.15, 0.2) is 36.5 Å². The van der Waals surface area contributed by atoms with E-state index >= 15 is 0 Å². The van der Waals surface area contributed by atoms with Crippen LogP contribution in [0.25, 0.3) is 0 Å². The van der Waals surface area contributed by atoms with E-state index in [2.05, 4.69) is 15.5 Å². The lowest BCUT2D eigenvalue weighted by Gasteiger charge is -2.31. The molecule has 0 spiro atoms. The molecule has 1 aliphatic heterocycles. The minimum absolute atomic E-state index is 0.0124. The Kier molecular flexibility index (Phi) is 5.30. The third-order valence-corrected chi connectivity index (χ3v) is 4.18. The number of anilines is 1. The van der Waals surface area contributed by atoms with Crippen LogP contribution in [-0.4, -0.2) is 47.5 Å². The molecule has 1 saturated heterocycles. The van der Waals surface area contributed by atoms with Crippen molar-refractivity contribution < 1.29 is 13.9 Å². The zero-order valence-corrected chi connectivity index (χ0v) is 13.4. The molecule has 2 amide bonds. The van der Waals surface area contributed by atoms with Crippen molar-refractivity contribution in [3.05, 3.63) is 42.2 Å². The summed E-state index contributed by atoms with van der Waals surface area (Å²) in [4.78, 5) is 14.2. The fourth-order valence-corrected chi connectivity index (χ4v) is 2.91. The highest BCUT2D eigenvalue weighted by Gasteiger charge is 2.24. The molecule has 1 aromatic heterocycles. The first kappa shape index (κ1) is 16.3. The number of hydrogen-bond donors (Lipinski definition) is 2. The van der Waals surface area contributed by atoms with Crippen molar-refractivity contribution in [2.45, 2.75) is 18.8 Å². The van der Waals surface area contributed by atoms with Gasteiger partial charge in [-0.05, 0) is 31.0 Å².